The molecule has 0 fully saturated rings. The van der Waals surface area contributed by atoms with Gasteiger partial charge in [0.25, 0.3) is 0 Å². The van der Waals surface area contributed by atoms with Gasteiger partial charge in [-0.3, -0.25) is 0 Å². The third-order valence-corrected chi connectivity index (χ3v) is 4.53. The SMILES string of the molecule is CSC(CO)C(C)Nc1cc(C(=O)O)c2ccccc2n1. The number of benzene rings is 1. The molecule has 0 spiro atoms. The minimum Gasteiger partial charge on any atom is -0.478 e. The van der Waals surface area contributed by atoms with Gasteiger partial charge < -0.3 is 15.5 Å². The van der Waals surface area contributed by atoms with Crippen molar-refractivity contribution in [1.29, 1.82) is 0 Å². The van der Waals surface area contributed by atoms with Crippen LogP contribution in [0.2, 0.25) is 0 Å². The molecule has 2 unspecified atom stereocenters. The molecule has 0 aliphatic heterocycles. The number of hydrogen-bond donors (Lipinski definition) is 3. The number of carbonyl (C=O) groups is 1. The number of nitrogens with zero attached hydrogens (tertiary/aromatic N) is 1. The summed E-state index contributed by atoms with van der Waals surface area (Å²) in [7, 11) is 0. The fraction of sp³-hybridized carbons (Fsp3) is 0.333. The van der Waals surface area contributed by atoms with Crippen LogP contribution in [0.25, 0.3) is 10.9 Å². The average Bonchev–Trinajstić information content (AvgIpc) is 2.47. The molecule has 21 heavy (non-hydrogen) atoms. The lowest BCUT2D eigenvalue weighted by molar-refractivity contribution is 0.0699. The Balaban J connectivity index is 2.39. The Labute approximate surface area is 127 Å². The standard InChI is InChI=1S/C15H18N2O3S/c1-9(13(8-18)21-2)16-14-7-11(15(19)20)10-5-3-4-6-12(10)17-14/h3-7,9,13,18H,8H2,1-2H3,(H,16,17)(H,19,20). The van der Waals surface area contributed by atoms with E-state index in [0.717, 1.165) is 0 Å². The zero-order valence-corrected chi connectivity index (χ0v) is 12.7. The molecule has 2 atom stereocenters. The molecule has 3 N–H and O–H groups in total. The topological polar surface area (TPSA) is 82.5 Å². The second-order valence-corrected chi connectivity index (χ2v) is 5.84. The Hall–Kier alpha value is -1.79. The quantitative estimate of drug-likeness (QED) is 0.760. The molecule has 0 saturated carbocycles. The van der Waals surface area contributed by atoms with E-state index < -0.39 is 5.97 Å². The third-order valence-electron chi connectivity index (χ3n) is 3.36. The number of aliphatic hydroxyl groups excluding tert-OH is 1. The highest BCUT2D eigenvalue weighted by Crippen LogP contribution is 2.22. The summed E-state index contributed by atoms with van der Waals surface area (Å²) in [5, 5.41) is 22.5. The molecule has 0 aliphatic carbocycles. The number of thioether (sulfide) groups is 1. The average molecular weight is 306 g/mol. The summed E-state index contributed by atoms with van der Waals surface area (Å²) >= 11 is 1.55. The van der Waals surface area contributed by atoms with Crippen LogP contribution in [-0.2, 0) is 0 Å². The monoisotopic (exact) mass is 306 g/mol. The maximum atomic E-state index is 11.4. The highest BCUT2D eigenvalue weighted by molar-refractivity contribution is 7.99. The van der Waals surface area contributed by atoms with E-state index in [1.165, 1.54) is 6.07 Å². The normalized spacial score (nSPS) is 13.9. The van der Waals surface area contributed by atoms with Crippen molar-refractivity contribution in [2.45, 2.75) is 18.2 Å². The number of rotatable bonds is 6. The highest BCUT2D eigenvalue weighted by atomic mass is 32.2. The number of anilines is 1. The Bertz CT molecular complexity index is 644. The number of aromatic carboxylic acids is 1. The van der Waals surface area contributed by atoms with Crippen molar-refractivity contribution < 1.29 is 15.0 Å². The Morgan fingerprint density at radius 1 is 1.43 bits per heavy atom. The Morgan fingerprint density at radius 2 is 2.14 bits per heavy atom. The first-order chi connectivity index (χ1) is 10.1. The molecular weight excluding hydrogens is 288 g/mol. The van der Waals surface area contributed by atoms with Crippen LogP contribution in [0.15, 0.2) is 30.3 Å². The summed E-state index contributed by atoms with van der Waals surface area (Å²) in [4.78, 5) is 15.8. The molecule has 2 aromatic rings. The van der Waals surface area contributed by atoms with Crippen molar-refractivity contribution in [3.63, 3.8) is 0 Å². The summed E-state index contributed by atoms with van der Waals surface area (Å²) in [5.74, 6) is -0.473. The number of carboxylic acids is 1. The number of para-hydroxylation sites is 1. The predicted octanol–water partition coefficient (Wildman–Crippen LogP) is 2.46. The summed E-state index contributed by atoms with van der Waals surface area (Å²) in [6, 6.07) is 8.66. The second kappa shape index (κ2) is 6.78. The molecule has 0 aliphatic rings. The van der Waals surface area contributed by atoms with Gasteiger partial charge in [-0.1, -0.05) is 18.2 Å². The fourth-order valence-electron chi connectivity index (χ4n) is 2.19. The second-order valence-electron chi connectivity index (χ2n) is 4.77. The molecular formula is C15H18N2O3S. The number of pyridine rings is 1. The predicted molar refractivity (Wildman–Crippen MR) is 86.2 cm³/mol. The van der Waals surface area contributed by atoms with E-state index in [4.69, 9.17) is 0 Å². The molecule has 1 heterocycles. The van der Waals surface area contributed by atoms with Gasteiger partial charge in [0.2, 0.25) is 0 Å². The van der Waals surface area contributed by atoms with E-state index in [1.807, 2.05) is 19.2 Å². The van der Waals surface area contributed by atoms with Gasteiger partial charge in [-0.2, -0.15) is 11.8 Å². The van der Waals surface area contributed by atoms with Gasteiger partial charge in [0.1, 0.15) is 5.82 Å². The molecule has 0 amide bonds. The van der Waals surface area contributed by atoms with Gasteiger partial charge in [0.15, 0.2) is 0 Å². The van der Waals surface area contributed by atoms with Gasteiger partial charge in [-0.25, -0.2) is 9.78 Å². The van der Waals surface area contributed by atoms with E-state index in [-0.39, 0.29) is 23.5 Å². The molecule has 0 radical (unpaired) electrons. The van der Waals surface area contributed by atoms with Crippen molar-refractivity contribution in [3.8, 4) is 0 Å². The molecule has 1 aromatic carbocycles. The van der Waals surface area contributed by atoms with Crippen LogP contribution in [0, 0.1) is 0 Å². The van der Waals surface area contributed by atoms with Gasteiger partial charge in [0, 0.05) is 16.7 Å². The van der Waals surface area contributed by atoms with Gasteiger partial charge in [0.05, 0.1) is 17.7 Å². The zero-order chi connectivity index (χ0) is 15.4. The smallest absolute Gasteiger partial charge is 0.336 e. The van der Waals surface area contributed by atoms with Gasteiger partial charge in [-0.05, 0) is 25.3 Å². The molecule has 2 rings (SSSR count). The molecule has 6 heteroatoms. The lowest BCUT2D eigenvalue weighted by Crippen LogP contribution is -2.31. The van der Waals surface area contributed by atoms with E-state index in [1.54, 1.807) is 30.0 Å². The summed E-state index contributed by atoms with van der Waals surface area (Å²) in [6.45, 7) is 1.99. The van der Waals surface area contributed by atoms with Crippen LogP contribution in [0.4, 0.5) is 5.82 Å². The minimum absolute atomic E-state index is 0.0200. The molecule has 0 saturated heterocycles. The van der Waals surface area contributed by atoms with Crippen LogP contribution in [-0.4, -0.2) is 45.3 Å². The summed E-state index contributed by atoms with van der Waals surface area (Å²) in [5.41, 5.74) is 0.858. The first kappa shape index (κ1) is 15.6. The van der Waals surface area contributed by atoms with E-state index in [0.29, 0.717) is 16.7 Å². The molecule has 0 bridgehead atoms. The number of aromatic nitrogens is 1. The van der Waals surface area contributed by atoms with Crippen molar-refractivity contribution in [3.05, 3.63) is 35.9 Å². The maximum absolute atomic E-state index is 11.4. The van der Waals surface area contributed by atoms with Gasteiger partial charge in [-0.15, -0.1) is 0 Å². The Morgan fingerprint density at radius 3 is 2.76 bits per heavy atom. The number of hydrogen-bond acceptors (Lipinski definition) is 5. The van der Waals surface area contributed by atoms with Crippen molar-refractivity contribution in [1.82, 2.24) is 4.98 Å². The van der Waals surface area contributed by atoms with Crippen molar-refractivity contribution in [2.75, 3.05) is 18.2 Å². The number of fused-ring (bicyclic) bond motifs is 1. The lowest BCUT2D eigenvalue weighted by atomic mass is 10.1. The van der Waals surface area contributed by atoms with Crippen LogP contribution in [0.5, 0.6) is 0 Å². The van der Waals surface area contributed by atoms with Gasteiger partial charge >= 0.3 is 5.97 Å². The van der Waals surface area contributed by atoms with Crippen LogP contribution in [0.1, 0.15) is 17.3 Å². The lowest BCUT2D eigenvalue weighted by Gasteiger charge is -2.22. The minimum atomic E-state index is -0.979. The summed E-state index contributed by atoms with van der Waals surface area (Å²) < 4.78 is 0. The Kier molecular flexibility index (Phi) is 5.03. The largest absolute Gasteiger partial charge is 0.478 e. The summed E-state index contributed by atoms with van der Waals surface area (Å²) in [6.07, 6.45) is 1.93. The first-order valence-corrected chi connectivity index (χ1v) is 7.89. The molecule has 5 nitrogen and oxygen atoms in total. The van der Waals surface area contributed by atoms with Crippen LogP contribution >= 0.6 is 11.8 Å². The van der Waals surface area contributed by atoms with E-state index in [9.17, 15) is 15.0 Å². The fourth-order valence-corrected chi connectivity index (χ4v) is 2.81. The molecule has 112 valence electrons. The van der Waals surface area contributed by atoms with Crippen LogP contribution < -0.4 is 5.32 Å². The van der Waals surface area contributed by atoms with Crippen LogP contribution in [0.3, 0.4) is 0 Å². The van der Waals surface area contributed by atoms with E-state index >= 15 is 0 Å². The zero-order valence-electron chi connectivity index (χ0n) is 11.9. The van der Waals surface area contributed by atoms with E-state index in [2.05, 4.69) is 10.3 Å². The van der Waals surface area contributed by atoms with Crippen molar-refractivity contribution >= 4 is 34.5 Å². The third kappa shape index (κ3) is 3.46. The first-order valence-electron chi connectivity index (χ1n) is 6.60. The molecule has 1 aromatic heterocycles. The number of carboxylic acid groups (broad SMARTS) is 1. The van der Waals surface area contributed by atoms with Crippen molar-refractivity contribution in [2.24, 2.45) is 0 Å². The maximum Gasteiger partial charge on any atom is 0.336 e. The number of aliphatic hydroxyl groups is 1. The highest BCUT2D eigenvalue weighted by Gasteiger charge is 2.17. The number of nitrogens with one attached hydrogen (secondary N) is 1.